The van der Waals surface area contributed by atoms with Crippen LogP contribution < -0.4 is 5.73 Å². The molecule has 1 aromatic rings. The van der Waals surface area contributed by atoms with E-state index in [0.29, 0.717) is 0 Å². The molecule has 0 bridgehead atoms. The fraction of sp³-hybridized carbons (Fsp3) is 0.273. The van der Waals surface area contributed by atoms with Gasteiger partial charge in [0.25, 0.3) is 5.69 Å². The van der Waals surface area contributed by atoms with Crippen LogP contribution in [0.3, 0.4) is 0 Å². The number of carbonyl (C=O) groups is 2. The first kappa shape index (κ1) is 17.5. The molecule has 0 aliphatic heterocycles. The Morgan fingerprint density at radius 1 is 1.30 bits per heavy atom. The Morgan fingerprint density at radius 3 is 2.15 bits per heavy atom. The maximum Gasteiger partial charge on any atom is 0.337 e. The number of hydrogen-bond acceptors (Lipinski definition) is 6. The topological polar surface area (TPSA) is 164 Å². The van der Waals surface area contributed by atoms with Crippen LogP contribution in [0.25, 0.3) is 0 Å². The minimum atomic E-state index is -1.73. The molecule has 0 spiro atoms. The van der Waals surface area contributed by atoms with Crippen molar-refractivity contribution in [2.24, 2.45) is 5.73 Å². The van der Waals surface area contributed by atoms with Gasteiger partial charge in [0, 0.05) is 12.1 Å². The summed E-state index contributed by atoms with van der Waals surface area (Å²) >= 11 is 0. The van der Waals surface area contributed by atoms with E-state index in [4.69, 9.17) is 21.1 Å². The first-order chi connectivity index (χ1) is 9.16. The zero-order chi connectivity index (χ0) is 15.9. The predicted octanol–water partition coefficient (Wildman–Crippen LogP) is 0.131. The molecule has 1 aromatic carbocycles. The molecule has 9 nitrogen and oxygen atoms in total. The van der Waals surface area contributed by atoms with Crippen molar-refractivity contribution in [1.82, 2.24) is 0 Å². The predicted molar refractivity (Wildman–Crippen MR) is 67.0 cm³/mol. The van der Waals surface area contributed by atoms with Crippen LogP contribution in [0, 0.1) is 10.1 Å². The van der Waals surface area contributed by atoms with Gasteiger partial charge in [-0.2, -0.15) is 0 Å². The molecular formula is C11H14N2O7. The summed E-state index contributed by atoms with van der Waals surface area (Å²) in [4.78, 5) is 29.6. The lowest BCUT2D eigenvalue weighted by Crippen LogP contribution is -2.25. The lowest BCUT2D eigenvalue weighted by atomic mass is 10.1. The average molecular weight is 286 g/mol. The smallest absolute Gasteiger partial charge is 0.337 e. The Hall–Kier alpha value is -2.52. The molecule has 0 heterocycles. The third-order valence-electron chi connectivity index (χ3n) is 2.02. The Morgan fingerprint density at radius 2 is 1.80 bits per heavy atom. The number of aliphatic hydroxyl groups excluding tert-OH is 1. The van der Waals surface area contributed by atoms with Crippen LogP contribution in [0.2, 0.25) is 0 Å². The van der Waals surface area contributed by atoms with Crippen LogP contribution in [0.15, 0.2) is 24.3 Å². The van der Waals surface area contributed by atoms with Crippen LogP contribution in [0.4, 0.5) is 5.69 Å². The van der Waals surface area contributed by atoms with Crippen molar-refractivity contribution in [3.8, 4) is 0 Å². The number of nitrogens with zero attached hydrogens (tertiary/aromatic N) is 1. The van der Waals surface area contributed by atoms with Gasteiger partial charge < -0.3 is 21.1 Å². The van der Waals surface area contributed by atoms with Crippen molar-refractivity contribution < 1.29 is 29.8 Å². The summed E-state index contributed by atoms with van der Waals surface area (Å²) in [7, 11) is 0. The molecule has 0 fully saturated rings. The van der Waals surface area contributed by atoms with Crippen molar-refractivity contribution in [1.29, 1.82) is 0 Å². The molecule has 110 valence electrons. The number of nitro benzene ring substituents is 1. The van der Waals surface area contributed by atoms with Gasteiger partial charge in [-0.1, -0.05) is 12.1 Å². The van der Waals surface area contributed by atoms with Gasteiger partial charge >= 0.3 is 11.9 Å². The van der Waals surface area contributed by atoms with Crippen LogP contribution >= 0.6 is 0 Å². The van der Waals surface area contributed by atoms with E-state index in [1.165, 1.54) is 25.1 Å². The molecule has 5 N–H and O–H groups in total. The zero-order valence-electron chi connectivity index (χ0n) is 10.5. The van der Waals surface area contributed by atoms with E-state index in [1.54, 1.807) is 0 Å². The molecule has 0 saturated carbocycles. The number of nitrogens with two attached hydrogens (primary N) is 1. The zero-order valence-corrected chi connectivity index (χ0v) is 10.5. The molecule has 0 aliphatic rings. The van der Waals surface area contributed by atoms with Gasteiger partial charge in [0.1, 0.15) is 6.04 Å². The molecule has 0 aliphatic carbocycles. The summed E-state index contributed by atoms with van der Waals surface area (Å²) < 4.78 is 0. The van der Waals surface area contributed by atoms with Gasteiger partial charge in [-0.3, -0.25) is 14.9 Å². The van der Waals surface area contributed by atoms with Gasteiger partial charge in [-0.05, 0) is 12.5 Å². The highest BCUT2D eigenvalue weighted by Crippen LogP contribution is 2.18. The van der Waals surface area contributed by atoms with E-state index in [0.717, 1.165) is 6.07 Å². The maximum absolute atomic E-state index is 10.4. The SMILES string of the molecule is C[C@@H](N)C(=O)O.O=C(O)C(O)c1cccc([N+](=O)[O-])c1. The summed E-state index contributed by atoms with van der Waals surface area (Å²) in [6.07, 6.45) is -1.73. The average Bonchev–Trinajstić information content (AvgIpc) is 2.38. The van der Waals surface area contributed by atoms with Crippen molar-refractivity contribution in [3.63, 3.8) is 0 Å². The number of hydrogen-bond donors (Lipinski definition) is 4. The van der Waals surface area contributed by atoms with Crippen molar-refractivity contribution in [3.05, 3.63) is 39.9 Å². The Balaban J connectivity index is 0.000000511. The first-order valence-electron chi connectivity index (χ1n) is 5.30. The van der Waals surface area contributed by atoms with Crippen molar-refractivity contribution in [2.45, 2.75) is 19.1 Å². The number of rotatable bonds is 4. The quantitative estimate of drug-likeness (QED) is 0.448. The van der Waals surface area contributed by atoms with Crippen molar-refractivity contribution in [2.75, 3.05) is 0 Å². The van der Waals surface area contributed by atoms with Gasteiger partial charge in [0.2, 0.25) is 0 Å². The maximum atomic E-state index is 10.4. The minimum Gasteiger partial charge on any atom is -0.480 e. The number of carboxylic acid groups (broad SMARTS) is 2. The molecule has 0 aromatic heterocycles. The molecule has 1 unspecified atom stereocenters. The molecular weight excluding hydrogens is 272 g/mol. The monoisotopic (exact) mass is 286 g/mol. The fourth-order valence-corrected chi connectivity index (χ4v) is 0.951. The van der Waals surface area contributed by atoms with E-state index in [1.807, 2.05) is 0 Å². The highest BCUT2D eigenvalue weighted by atomic mass is 16.6. The molecule has 0 saturated heterocycles. The molecule has 9 heteroatoms. The summed E-state index contributed by atoms with van der Waals surface area (Å²) in [5.41, 5.74) is 4.58. The highest BCUT2D eigenvalue weighted by Gasteiger charge is 2.18. The van der Waals surface area contributed by atoms with Crippen LogP contribution in [0.1, 0.15) is 18.6 Å². The second-order valence-electron chi connectivity index (χ2n) is 3.72. The van der Waals surface area contributed by atoms with Crippen LogP contribution in [-0.2, 0) is 9.59 Å². The minimum absolute atomic E-state index is 0.00769. The molecule has 0 amide bonds. The summed E-state index contributed by atoms with van der Waals surface area (Å²) in [6.45, 7) is 1.42. The second kappa shape index (κ2) is 7.81. The van der Waals surface area contributed by atoms with E-state index in [2.05, 4.69) is 0 Å². The molecule has 1 rings (SSSR count). The van der Waals surface area contributed by atoms with Crippen molar-refractivity contribution >= 4 is 17.6 Å². The lowest BCUT2D eigenvalue weighted by Gasteiger charge is -2.04. The summed E-state index contributed by atoms with van der Waals surface area (Å²) in [5.74, 6) is -2.40. The number of benzene rings is 1. The number of aliphatic carboxylic acids is 2. The largest absolute Gasteiger partial charge is 0.480 e. The third-order valence-corrected chi connectivity index (χ3v) is 2.02. The fourth-order valence-electron chi connectivity index (χ4n) is 0.951. The highest BCUT2D eigenvalue weighted by molar-refractivity contribution is 5.74. The number of non-ortho nitro benzene ring substituents is 1. The number of aliphatic hydroxyl groups is 1. The van der Waals surface area contributed by atoms with E-state index in [-0.39, 0.29) is 11.3 Å². The Bertz CT molecular complexity index is 501. The van der Waals surface area contributed by atoms with E-state index in [9.17, 15) is 19.7 Å². The van der Waals surface area contributed by atoms with E-state index < -0.39 is 29.0 Å². The Kier molecular flexibility index (Phi) is 6.83. The lowest BCUT2D eigenvalue weighted by molar-refractivity contribution is -0.385. The second-order valence-corrected chi connectivity index (χ2v) is 3.72. The molecule has 20 heavy (non-hydrogen) atoms. The standard InChI is InChI=1S/C8H7NO5.C3H7NO2/c10-7(8(11)12)5-2-1-3-6(4-5)9(13)14;1-2(4)3(5)6/h1-4,7,10H,(H,11,12);2H,4H2,1H3,(H,5,6)/t;2-/m.1/s1. The first-order valence-corrected chi connectivity index (χ1v) is 5.30. The van der Waals surface area contributed by atoms with Crippen LogP contribution in [-0.4, -0.2) is 38.2 Å². The Labute approximate surface area is 113 Å². The third kappa shape index (κ3) is 5.89. The van der Waals surface area contributed by atoms with Gasteiger partial charge in [0.15, 0.2) is 6.10 Å². The van der Waals surface area contributed by atoms with Crippen LogP contribution in [0.5, 0.6) is 0 Å². The normalized spacial score (nSPS) is 12.6. The molecule has 0 radical (unpaired) electrons. The summed E-state index contributed by atoms with van der Waals surface area (Å²) in [5, 5.41) is 35.7. The molecule has 2 atom stereocenters. The number of carboxylic acids is 2. The van der Waals surface area contributed by atoms with E-state index >= 15 is 0 Å². The number of nitro groups is 1. The van der Waals surface area contributed by atoms with Gasteiger partial charge in [0.05, 0.1) is 4.92 Å². The summed E-state index contributed by atoms with van der Waals surface area (Å²) in [6, 6.07) is 4.15. The van der Waals surface area contributed by atoms with Gasteiger partial charge in [-0.25, -0.2) is 4.79 Å². The van der Waals surface area contributed by atoms with Gasteiger partial charge in [-0.15, -0.1) is 0 Å².